The molecule has 1 aromatic carbocycles. The number of rotatable bonds is 3. The zero-order chi connectivity index (χ0) is 13.2. The first kappa shape index (κ1) is 13.8. The second-order valence-electron chi connectivity index (χ2n) is 5.49. The summed E-state index contributed by atoms with van der Waals surface area (Å²) in [6.45, 7) is 6.75. The van der Waals surface area contributed by atoms with Crippen LogP contribution in [0.3, 0.4) is 0 Å². The molecule has 18 heavy (non-hydrogen) atoms. The summed E-state index contributed by atoms with van der Waals surface area (Å²) in [5.41, 5.74) is 0.956. The Balaban J connectivity index is 1.98. The number of hydrogen-bond donors (Lipinski definition) is 1. The summed E-state index contributed by atoms with van der Waals surface area (Å²) in [6.07, 6.45) is 1.20. The monoisotopic (exact) mass is 271 g/mol. The molecule has 4 heteroatoms. The van der Waals surface area contributed by atoms with E-state index in [2.05, 4.69) is 19.2 Å². The maximum Gasteiger partial charge on any atom is 0.124 e. The van der Waals surface area contributed by atoms with Gasteiger partial charge in [0.15, 0.2) is 0 Å². The van der Waals surface area contributed by atoms with E-state index < -0.39 is 0 Å². The predicted octanol–water partition coefficient (Wildman–Crippen LogP) is 3.38. The number of ether oxygens (including phenoxy) is 1. The molecule has 2 nitrogen and oxygen atoms in total. The van der Waals surface area contributed by atoms with Crippen molar-refractivity contribution in [3.8, 4) is 0 Å². The van der Waals surface area contributed by atoms with Crippen LogP contribution >= 0.6 is 11.6 Å². The van der Waals surface area contributed by atoms with Crippen molar-refractivity contribution < 1.29 is 9.13 Å². The smallest absolute Gasteiger partial charge is 0.124 e. The van der Waals surface area contributed by atoms with Crippen LogP contribution in [-0.4, -0.2) is 19.2 Å². The van der Waals surface area contributed by atoms with Crippen LogP contribution in [0.1, 0.15) is 25.8 Å². The van der Waals surface area contributed by atoms with Crippen molar-refractivity contribution in [2.45, 2.75) is 33.0 Å². The molecule has 1 unspecified atom stereocenters. The van der Waals surface area contributed by atoms with Crippen molar-refractivity contribution in [2.75, 3.05) is 13.1 Å². The van der Waals surface area contributed by atoms with Crippen LogP contribution in [0.2, 0.25) is 5.02 Å². The number of piperidine rings is 1. The Morgan fingerprint density at radius 3 is 2.94 bits per heavy atom. The fraction of sp³-hybridized carbons (Fsp3) is 0.571. The van der Waals surface area contributed by atoms with Gasteiger partial charge in [0.2, 0.25) is 0 Å². The van der Waals surface area contributed by atoms with E-state index in [0.717, 1.165) is 25.1 Å². The summed E-state index contributed by atoms with van der Waals surface area (Å²) < 4.78 is 18.9. The van der Waals surface area contributed by atoms with E-state index in [1.54, 1.807) is 6.07 Å². The zero-order valence-corrected chi connectivity index (χ0v) is 11.6. The number of nitrogens with one attached hydrogen (secondary N) is 1. The van der Waals surface area contributed by atoms with E-state index in [-0.39, 0.29) is 17.3 Å². The lowest BCUT2D eigenvalue weighted by molar-refractivity contribution is -0.0519. The van der Waals surface area contributed by atoms with Crippen LogP contribution in [0.5, 0.6) is 0 Å². The highest BCUT2D eigenvalue weighted by Crippen LogP contribution is 2.29. The van der Waals surface area contributed by atoms with Crippen LogP contribution in [0.15, 0.2) is 18.2 Å². The van der Waals surface area contributed by atoms with Gasteiger partial charge in [-0.15, -0.1) is 0 Å². The quantitative estimate of drug-likeness (QED) is 0.910. The van der Waals surface area contributed by atoms with Crippen molar-refractivity contribution in [1.29, 1.82) is 0 Å². The highest BCUT2D eigenvalue weighted by Gasteiger charge is 2.32. The molecule has 1 aromatic rings. The first-order valence-electron chi connectivity index (χ1n) is 6.25. The van der Waals surface area contributed by atoms with Crippen molar-refractivity contribution in [1.82, 2.24) is 5.32 Å². The summed E-state index contributed by atoms with van der Waals surface area (Å²) >= 11 is 5.99. The van der Waals surface area contributed by atoms with Gasteiger partial charge in [0, 0.05) is 17.0 Å². The van der Waals surface area contributed by atoms with Gasteiger partial charge in [-0.2, -0.15) is 0 Å². The Morgan fingerprint density at radius 1 is 1.50 bits per heavy atom. The first-order valence-corrected chi connectivity index (χ1v) is 6.63. The SMILES string of the molecule is CC1(C)CNCCC1OCc1ccc(F)cc1Cl. The van der Waals surface area contributed by atoms with E-state index in [9.17, 15) is 4.39 Å². The normalized spacial score (nSPS) is 23.0. The Hall–Kier alpha value is -0.640. The molecule has 1 N–H and O–H groups in total. The molecule has 100 valence electrons. The fourth-order valence-electron chi connectivity index (χ4n) is 2.29. The van der Waals surface area contributed by atoms with Gasteiger partial charge in [-0.05, 0) is 30.7 Å². The highest BCUT2D eigenvalue weighted by atomic mass is 35.5. The average Bonchev–Trinajstić information content (AvgIpc) is 2.29. The molecule has 1 aliphatic heterocycles. The van der Waals surface area contributed by atoms with Gasteiger partial charge in [-0.25, -0.2) is 4.39 Å². The first-order chi connectivity index (χ1) is 8.49. The van der Waals surface area contributed by atoms with Gasteiger partial charge in [-0.3, -0.25) is 0 Å². The standard InChI is InChI=1S/C14H19ClFNO/c1-14(2)9-17-6-5-13(14)18-8-10-3-4-11(16)7-12(10)15/h3-4,7,13,17H,5-6,8-9H2,1-2H3. The Bertz CT molecular complexity index is 422. The van der Waals surface area contributed by atoms with Gasteiger partial charge in [0.05, 0.1) is 12.7 Å². The summed E-state index contributed by atoms with van der Waals surface area (Å²) in [5.74, 6) is -0.314. The van der Waals surface area contributed by atoms with E-state index in [1.807, 2.05) is 0 Å². The molecule has 0 aliphatic carbocycles. The molecule has 1 saturated heterocycles. The second-order valence-corrected chi connectivity index (χ2v) is 5.90. The molecule has 2 rings (SSSR count). The molecule has 0 bridgehead atoms. The van der Waals surface area contributed by atoms with Crippen molar-refractivity contribution in [3.05, 3.63) is 34.6 Å². The minimum Gasteiger partial charge on any atom is -0.373 e. The van der Waals surface area contributed by atoms with Gasteiger partial charge in [-0.1, -0.05) is 31.5 Å². The van der Waals surface area contributed by atoms with Crippen LogP contribution in [0.4, 0.5) is 4.39 Å². The number of halogens is 2. The molecule has 1 atom stereocenters. The lowest BCUT2D eigenvalue weighted by atomic mass is 9.82. The summed E-state index contributed by atoms with van der Waals surface area (Å²) in [4.78, 5) is 0. The molecular weight excluding hydrogens is 253 g/mol. The molecule has 0 radical (unpaired) electrons. The highest BCUT2D eigenvalue weighted by molar-refractivity contribution is 6.31. The Morgan fingerprint density at radius 2 is 2.28 bits per heavy atom. The molecule has 1 fully saturated rings. The topological polar surface area (TPSA) is 21.3 Å². The molecule has 0 amide bonds. The van der Waals surface area contributed by atoms with Crippen LogP contribution in [0, 0.1) is 11.2 Å². The molecule has 1 aliphatic rings. The van der Waals surface area contributed by atoms with E-state index >= 15 is 0 Å². The minimum atomic E-state index is -0.314. The third-order valence-electron chi connectivity index (χ3n) is 3.49. The Kier molecular flexibility index (Phi) is 4.25. The minimum absolute atomic E-state index is 0.116. The Labute approximate surface area is 112 Å². The molecule has 0 aromatic heterocycles. The van der Waals surface area contributed by atoms with E-state index in [1.165, 1.54) is 12.1 Å². The van der Waals surface area contributed by atoms with Gasteiger partial charge in [0.25, 0.3) is 0 Å². The molecule has 0 spiro atoms. The maximum atomic E-state index is 12.9. The number of benzene rings is 1. The zero-order valence-electron chi connectivity index (χ0n) is 10.8. The summed E-state index contributed by atoms with van der Waals surface area (Å²) in [7, 11) is 0. The summed E-state index contributed by atoms with van der Waals surface area (Å²) in [6, 6.07) is 4.43. The third kappa shape index (κ3) is 3.22. The van der Waals surface area contributed by atoms with Gasteiger partial charge in [0.1, 0.15) is 5.82 Å². The van der Waals surface area contributed by atoms with Crippen LogP contribution in [0.25, 0.3) is 0 Å². The maximum absolute atomic E-state index is 12.9. The number of hydrogen-bond acceptors (Lipinski definition) is 2. The van der Waals surface area contributed by atoms with Crippen molar-refractivity contribution >= 4 is 11.6 Å². The van der Waals surface area contributed by atoms with E-state index in [4.69, 9.17) is 16.3 Å². The molecule has 0 saturated carbocycles. The fourth-order valence-corrected chi connectivity index (χ4v) is 2.51. The van der Waals surface area contributed by atoms with Crippen LogP contribution in [-0.2, 0) is 11.3 Å². The third-order valence-corrected chi connectivity index (χ3v) is 3.84. The lowest BCUT2D eigenvalue weighted by Crippen LogP contribution is -2.47. The van der Waals surface area contributed by atoms with Crippen molar-refractivity contribution in [2.24, 2.45) is 5.41 Å². The average molecular weight is 272 g/mol. The van der Waals surface area contributed by atoms with Crippen molar-refractivity contribution in [3.63, 3.8) is 0 Å². The van der Waals surface area contributed by atoms with Gasteiger partial charge >= 0.3 is 0 Å². The second kappa shape index (κ2) is 5.55. The molecule has 1 heterocycles. The molecular formula is C14H19ClFNO. The predicted molar refractivity (Wildman–Crippen MR) is 71.3 cm³/mol. The van der Waals surface area contributed by atoms with Crippen LogP contribution < -0.4 is 5.32 Å². The summed E-state index contributed by atoms with van der Waals surface area (Å²) in [5, 5.41) is 3.80. The van der Waals surface area contributed by atoms with E-state index in [0.29, 0.717) is 11.6 Å². The van der Waals surface area contributed by atoms with Gasteiger partial charge < -0.3 is 10.1 Å². The largest absolute Gasteiger partial charge is 0.373 e. The lowest BCUT2D eigenvalue weighted by Gasteiger charge is -2.38.